The zero-order chi connectivity index (χ0) is 7.61. The van der Waals surface area contributed by atoms with E-state index in [0.29, 0.717) is 0 Å². The smallest absolute Gasteiger partial charge is 0.0415 e. The van der Waals surface area contributed by atoms with E-state index < -0.39 is 10.8 Å². The van der Waals surface area contributed by atoms with E-state index in [1.165, 1.54) is 0 Å². The van der Waals surface area contributed by atoms with Gasteiger partial charge in [-0.1, -0.05) is 0 Å². The highest BCUT2D eigenvalue weighted by Gasteiger charge is 2.26. The summed E-state index contributed by atoms with van der Waals surface area (Å²) in [4.78, 5) is 0. The summed E-state index contributed by atoms with van der Waals surface area (Å²) in [5.41, 5.74) is 0. The van der Waals surface area contributed by atoms with Gasteiger partial charge in [0.2, 0.25) is 0 Å². The summed E-state index contributed by atoms with van der Waals surface area (Å²) in [6.45, 7) is 6.08. The fourth-order valence-corrected chi connectivity index (χ4v) is 2.28. The molecule has 0 saturated carbocycles. The van der Waals surface area contributed by atoms with Gasteiger partial charge in [0, 0.05) is 27.8 Å². The van der Waals surface area contributed by atoms with E-state index >= 15 is 0 Å². The summed E-state index contributed by atoms with van der Waals surface area (Å²) >= 11 is 0. The first-order valence-corrected chi connectivity index (χ1v) is 5.04. The second-order valence-electron chi connectivity index (χ2n) is 3.31. The molecule has 0 spiro atoms. The summed E-state index contributed by atoms with van der Waals surface area (Å²) in [7, 11) is -0.630. The number of hydrogen-bond donors (Lipinski definition) is 1. The summed E-state index contributed by atoms with van der Waals surface area (Å²) in [5, 5.41) is 3.24. The quantitative estimate of drug-likeness (QED) is 0.626. The lowest BCUT2D eigenvalue weighted by molar-refractivity contribution is 0.582. The minimum Gasteiger partial charge on any atom is -0.316 e. The summed E-state index contributed by atoms with van der Waals surface area (Å²) in [6.07, 6.45) is 1.03. The zero-order valence-electron chi connectivity index (χ0n) is 7.05. The van der Waals surface area contributed by atoms with Gasteiger partial charge in [-0.25, -0.2) is 0 Å². The third-order valence-electron chi connectivity index (χ3n) is 1.98. The molecule has 0 aromatic heterocycles. The molecule has 1 heterocycles. The van der Waals surface area contributed by atoms with Gasteiger partial charge in [0.25, 0.3) is 0 Å². The number of hydrogen-bond acceptors (Lipinski definition) is 2. The maximum Gasteiger partial charge on any atom is 0.0415 e. The highest BCUT2D eigenvalue weighted by molar-refractivity contribution is 7.86. The van der Waals surface area contributed by atoms with Gasteiger partial charge in [-0.3, -0.25) is 4.21 Å². The fourth-order valence-electron chi connectivity index (χ4n) is 1.07. The molecule has 1 N–H and O–H groups in total. The van der Waals surface area contributed by atoms with E-state index in [9.17, 15) is 4.21 Å². The molecule has 68 valence electrons. The van der Waals surface area contributed by atoms with E-state index in [4.69, 9.17) is 0 Å². The van der Waals surface area contributed by atoms with Crippen molar-refractivity contribution in [3.05, 3.63) is 0 Å². The second kappa shape index (κ2) is 4.43. The number of rotatable bonds is 0. The molecule has 1 aliphatic rings. The van der Waals surface area contributed by atoms with Crippen LogP contribution < -0.4 is 5.32 Å². The van der Waals surface area contributed by atoms with Crippen molar-refractivity contribution in [2.24, 2.45) is 0 Å². The Morgan fingerprint density at radius 1 is 1.36 bits per heavy atom. The van der Waals surface area contributed by atoms with Gasteiger partial charge in [-0.05, 0) is 26.8 Å². The van der Waals surface area contributed by atoms with Gasteiger partial charge in [0.05, 0.1) is 0 Å². The van der Waals surface area contributed by atoms with Gasteiger partial charge >= 0.3 is 0 Å². The first kappa shape index (κ1) is 11.4. The molecule has 0 aromatic rings. The Balaban J connectivity index is 0.000001000. The predicted octanol–water partition coefficient (Wildman–Crippen LogP) is 0.929. The lowest BCUT2D eigenvalue weighted by Crippen LogP contribution is -2.27. The average Bonchev–Trinajstić information content (AvgIpc) is 1.96. The lowest BCUT2D eigenvalue weighted by atomic mass is 10.1. The molecule has 1 unspecified atom stereocenters. The first-order valence-electron chi connectivity index (χ1n) is 3.72. The van der Waals surface area contributed by atoms with Gasteiger partial charge in [-0.2, -0.15) is 0 Å². The van der Waals surface area contributed by atoms with E-state index in [-0.39, 0.29) is 17.2 Å². The minimum atomic E-state index is -0.630. The van der Waals surface area contributed by atoms with Crippen LogP contribution in [0.15, 0.2) is 0 Å². The van der Waals surface area contributed by atoms with Crippen LogP contribution in [0.1, 0.15) is 20.3 Å². The summed E-state index contributed by atoms with van der Waals surface area (Å²) in [6, 6.07) is 0. The van der Waals surface area contributed by atoms with E-state index in [2.05, 4.69) is 19.2 Å². The molecule has 1 atom stereocenters. The molecule has 1 aliphatic heterocycles. The Labute approximate surface area is 77.0 Å². The molecule has 1 rings (SSSR count). The lowest BCUT2D eigenvalue weighted by Gasteiger charge is -2.19. The van der Waals surface area contributed by atoms with Crippen molar-refractivity contribution in [3.8, 4) is 0 Å². The largest absolute Gasteiger partial charge is 0.316 e. The Hall–Kier alpha value is 0.400. The van der Waals surface area contributed by atoms with Crippen LogP contribution in [0.3, 0.4) is 0 Å². The highest BCUT2D eigenvalue weighted by Crippen LogP contribution is 2.18. The third-order valence-corrected chi connectivity index (χ3v) is 4.00. The third kappa shape index (κ3) is 3.09. The maximum atomic E-state index is 11.4. The normalized spacial score (nSPS) is 30.2. The van der Waals surface area contributed by atoms with Crippen molar-refractivity contribution in [2.75, 3.05) is 18.8 Å². The van der Waals surface area contributed by atoms with Gasteiger partial charge in [-0.15, -0.1) is 12.4 Å². The van der Waals surface area contributed by atoms with Crippen molar-refractivity contribution >= 4 is 23.2 Å². The molecule has 1 saturated heterocycles. The Morgan fingerprint density at radius 3 is 2.64 bits per heavy atom. The maximum absolute atomic E-state index is 11.4. The van der Waals surface area contributed by atoms with Crippen molar-refractivity contribution < 1.29 is 4.21 Å². The summed E-state index contributed by atoms with van der Waals surface area (Å²) < 4.78 is 11.4. The van der Waals surface area contributed by atoms with Crippen LogP contribution in [-0.2, 0) is 10.8 Å². The predicted molar refractivity (Wildman–Crippen MR) is 51.8 cm³/mol. The summed E-state index contributed by atoms with van der Waals surface area (Å²) in [5.74, 6) is 0.812. The van der Waals surface area contributed by atoms with Crippen molar-refractivity contribution in [1.82, 2.24) is 5.32 Å². The molecule has 1 fully saturated rings. The van der Waals surface area contributed by atoms with Crippen LogP contribution in [0.4, 0.5) is 0 Å². The highest BCUT2D eigenvalue weighted by atomic mass is 35.5. The molecule has 4 heteroatoms. The van der Waals surface area contributed by atoms with Crippen molar-refractivity contribution in [2.45, 2.75) is 25.0 Å². The van der Waals surface area contributed by atoms with Crippen LogP contribution in [0.25, 0.3) is 0 Å². The molecule has 0 aromatic carbocycles. The first-order chi connectivity index (χ1) is 4.63. The fraction of sp³-hybridized carbons (Fsp3) is 1.00. The van der Waals surface area contributed by atoms with E-state index in [0.717, 1.165) is 25.3 Å². The van der Waals surface area contributed by atoms with Crippen LogP contribution in [-0.4, -0.2) is 27.8 Å². The Bertz CT molecular complexity index is 149. The molecule has 0 radical (unpaired) electrons. The number of halogens is 1. The van der Waals surface area contributed by atoms with Crippen LogP contribution >= 0.6 is 12.4 Å². The van der Waals surface area contributed by atoms with Crippen LogP contribution in [0.2, 0.25) is 0 Å². The molecule has 0 bridgehead atoms. The standard InChI is InChI=1S/C7H15NOS.ClH/c1-7(2)3-4-8-5-6-10(7)9;/h8H,3-6H2,1-2H3;1H. The molecular weight excluding hydrogens is 182 g/mol. The van der Waals surface area contributed by atoms with Gasteiger partial charge in [0.15, 0.2) is 0 Å². The SMILES string of the molecule is CC1(C)CCNCCS1=O.Cl. The van der Waals surface area contributed by atoms with Crippen molar-refractivity contribution in [1.29, 1.82) is 0 Å². The molecule has 0 amide bonds. The Morgan fingerprint density at radius 2 is 2.00 bits per heavy atom. The van der Waals surface area contributed by atoms with E-state index in [1.54, 1.807) is 0 Å². The van der Waals surface area contributed by atoms with Crippen LogP contribution in [0.5, 0.6) is 0 Å². The van der Waals surface area contributed by atoms with Crippen molar-refractivity contribution in [3.63, 3.8) is 0 Å². The minimum absolute atomic E-state index is 0. The zero-order valence-corrected chi connectivity index (χ0v) is 8.69. The Kier molecular flexibility index (Phi) is 4.59. The average molecular weight is 198 g/mol. The molecule has 0 aliphatic carbocycles. The van der Waals surface area contributed by atoms with E-state index in [1.807, 2.05) is 0 Å². The monoisotopic (exact) mass is 197 g/mol. The van der Waals surface area contributed by atoms with Gasteiger partial charge in [0.1, 0.15) is 0 Å². The molecule has 2 nitrogen and oxygen atoms in total. The van der Waals surface area contributed by atoms with Gasteiger partial charge < -0.3 is 5.32 Å². The molecule has 11 heavy (non-hydrogen) atoms. The number of nitrogens with one attached hydrogen (secondary N) is 1. The topological polar surface area (TPSA) is 29.1 Å². The van der Waals surface area contributed by atoms with Crippen LogP contribution in [0, 0.1) is 0 Å². The molecular formula is C7H16ClNOS. The second-order valence-corrected chi connectivity index (χ2v) is 5.51.